The third-order valence-corrected chi connectivity index (χ3v) is 3.63. The highest BCUT2D eigenvalue weighted by atomic mass is 19.1. The van der Waals surface area contributed by atoms with Crippen molar-refractivity contribution in [2.24, 2.45) is 5.92 Å². The van der Waals surface area contributed by atoms with Crippen LogP contribution in [0.1, 0.15) is 58.1 Å². The van der Waals surface area contributed by atoms with Crippen molar-refractivity contribution in [1.82, 2.24) is 5.32 Å². The second kappa shape index (κ2) is 8.25. The zero-order valence-electron chi connectivity index (χ0n) is 11.9. The lowest BCUT2D eigenvalue weighted by Crippen LogP contribution is -2.25. The van der Waals surface area contributed by atoms with Gasteiger partial charge < -0.3 is 5.32 Å². The summed E-state index contributed by atoms with van der Waals surface area (Å²) in [6, 6.07) is 7.07. The molecule has 2 atom stereocenters. The Bertz CT molecular complexity index is 320. The van der Waals surface area contributed by atoms with Gasteiger partial charge in [-0.1, -0.05) is 45.2 Å². The molecule has 0 amide bonds. The molecule has 1 aromatic carbocycles. The minimum Gasteiger partial charge on any atom is -0.310 e. The normalized spacial score (nSPS) is 14.4. The third-order valence-electron chi connectivity index (χ3n) is 3.63. The van der Waals surface area contributed by atoms with Gasteiger partial charge in [0.15, 0.2) is 0 Å². The Balaban J connectivity index is 2.39. The summed E-state index contributed by atoms with van der Waals surface area (Å²) in [5, 5.41) is 3.56. The van der Waals surface area contributed by atoms with E-state index in [0.717, 1.165) is 18.0 Å². The fourth-order valence-electron chi connectivity index (χ4n) is 2.16. The topological polar surface area (TPSA) is 12.0 Å². The molecule has 102 valence electrons. The van der Waals surface area contributed by atoms with Crippen LogP contribution in [-0.4, -0.2) is 6.54 Å². The second-order valence-electron chi connectivity index (χ2n) is 5.10. The molecule has 18 heavy (non-hydrogen) atoms. The zero-order chi connectivity index (χ0) is 13.4. The third kappa shape index (κ3) is 5.18. The highest BCUT2D eigenvalue weighted by molar-refractivity contribution is 5.19. The maximum atomic E-state index is 12.8. The van der Waals surface area contributed by atoms with E-state index in [1.165, 1.54) is 37.8 Å². The maximum absolute atomic E-state index is 12.8. The first kappa shape index (κ1) is 15.2. The summed E-state index contributed by atoms with van der Waals surface area (Å²) in [5.74, 6) is 0.591. The summed E-state index contributed by atoms with van der Waals surface area (Å²) < 4.78 is 12.8. The van der Waals surface area contributed by atoms with Crippen LogP contribution in [0.25, 0.3) is 0 Å². The number of unbranched alkanes of at least 4 members (excludes halogenated alkanes) is 1. The number of benzene rings is 1. The van der Waals surface area contributed by atoms with Gasteiger partial charge >= 0.3 is 0 Å². The molecule has 1 N–H and O–H groups in total. The molecule has 0 fully saturated rings. The summed E-state index contributed by atoms with van der Waals surface area (Å²) in [6.45, 7) is 7.68. The monoisotopic (exact) mass is 251 g/mol. The summed E-state index contributed by atoms with van der Waals surface area (Å²) in [7, 11) is 0. The van der Waals surface area contributed by atoms with Crippen LogP contribution in [0.4, 0.5) is 4.39 Å². The van der Waals surface area contributed by atoms with Gasteiger partial charge in [0, 0.05) is 6.04 Å². The number of halogens is 1. The summed E-state index contributed by atoms with van der Waals surface area (Å²) >= 11 is 0. The Morgan fingerprint density at radius 3 is 2.39 bits per heavy atom. The van der Waals surface area contributed by atoms with E-state index in [4.69, 9.17) is 0 Å². The molecule has 2 heteroatoms. The van der Waals surface area contributed by atoms with Gasteiger partial charge in [-0.3, -0.25) is 0 Å². The van der Waals surface area contributed by atoms with Gasteiger partial charge in [0.2, 0.25) is 0 Å². The van der Waals surface area contributed by atoms with E-state index < -0.39 is 0 Å². The molecule has 0 aliphatic heterocycles. The molecule has 0 spiro atoms. The van der Waals surface area contributed by atoms with Crippen molar-refractivity contribution < 1.29 is 4.39 Å². The van der Waals surface area contributed by atoms with Gasteiger partial charge in [0.05, 0.1) is 0 Å². The van der Waals surface area contributed by atoms with Gasteiger partial charge in [0.25, 0.3) is 0 Å². The molecule has 2 unspecified atom stereocenters. The first-order chi connectivity index (χ1) is 8.67. The van der Waals surface area contributed by atoms with E-state index in [1.807, 2.05) is 12.1 Å². The number of nitrogens with one attached hydrogen (secondary N) is 1. The molecule has 1 rings (SSSR count). The van der Waals surface area contributed by atoms with E-state index in [0.29, 0.717) is 6.04 Å². The van der Waals surface area contributed by atoms with Crippen molar-refractivity contribution >= 4 is 0 Å². The molecule has 0 radical (unpaired) electrons. The van der Waals surface area contributed by atoms with Crippen LogP contribution in [0.3, 0.4) is 0 Å². The Morgan fingerprint density at radius 2 is 1.83 bits per heavy atom. The highest BCUT2D eigenvalue weighted by Crippen LogP contribution is 2.16. The number of hydrogen-bond acceptors (Lipinski definition) is 1. The van der Waals surface area contributed by atoms with Crippen LogP contribution in [0.15, 0.2) is 24.3 Å². The molecule has 1 nitrogen and oxygen atoms in total. The van der Waals surface area contributed by atoms with Crippen molar-refractivity contribution in [2.45, 2.75) is 52.5 Å². The molecule has 1 aromatic rings. The van der Waals surface area contributed by atoms with Gasteiger partial charge in [-0.05, 0) is 43.5 Å². The van der Waals surface area contributed by atoms with Crippen LogP contribution in [0, 0.1) is 11.7 Å². The Hall–Kier alpha value is -0.890. The molecule has 0 saturated heterocycles. The van der Waals surface area contributed by atoms with Crippen molar-refractivity contribution in [3.63, 3.8) is 0 Å². The second-order valence-corrected chi connectivity index (χ2v) is 5.10. The Labute approximate surface area is 111 Å². The van der Waals surface area contributed by atoms with Crippen LogP contribution in [-0.2, 0) is 0 Å². The molecule has 0 aromatic heterocycles. The van der Waals surface area contributed by atoms with Crippen molar-refractivity contribution in [2.75, 3.05) is 6.54 Å². The predicted molar refractivity (Wildman–Crippen MR) is 76.1 cm³/mol. The van der Waals surface area contributed by atoms with E-state index in [2.05, 4.69) is 26.1 Å². The lowest BCUT2D eigenvalue weighted by Gasteiger charge is -2.20. The van der Waals surface area contributed by atoms with E-state index in [-0.39, 0.29) is 5.82 Å². The lowest BCUT2D eigenvalue weighted by molar-refractivity contribution is 0.398. The van der Waals surface area contributed by atoms with Gasteiger partial charge in [-0.15, -0.1) is 0 Å². The van der Waals surface area contributed by atoms with Crippen molar-refractivity contribution in [3.8, 4) is 0 Å². The van der Waals surface area contributed by atoms with Crippen molar-refractivity contribution in [1.29, 1.82) is 0 Å². The molecular weight excluding hydrogens is 225 g/mol. The lowest BCUT2D eigenvalue weighted by atomic mass is 9.98. The van der Waals surface area contributed by atoms with E-state index in [9.17, 15) is 4.39 Å². The molecule has 0 saturated carbocycles. The fourth-order valence-corrected chi connectivity index (χ4v) is 2.16. The molecular formula is C16H26FN. The average Bonchev–Trinajstić information content (AvgIpc) is 2.39. The molecule has 0 aliphatic carbocycles. The predicted octanol–water partition coefficient (Wildman–Crippen LogP) is 4.69. The van der Waals surface area contributed by atoms with Crippen LogP contribution >= 0.6 is 0 Å². The molecule has 0 bridgehead atoms. The van der Waals surface area contributed by atoms with Gasteiger partial charge in [-0.2, -0.15) is 0 Å². The first-order valence-electron chi connectivity index (χ1n) is 7.16. The van der Waals surface area contributed by atoms with Crippen LogP contribution < -0.4 is 5.32 Å². The first-order valence-corrected chi connectivity index (χ1v) is 7.16. The summed E-state index contributed by atoms with van der Waals surface area (Å²) in [6.07, 6.45) is 5.11. The Kier molecular flexibility index (Phi) is 6.96. The van der Waals surface area contributed by atoms with E-state index in [1.54, 1.807) is 0 Å². The standard InChI is InChI=1S/C16H26FN/c1-4-6-7-14(5-2)12-18-13(3)15-8-10-16(17)11-9-15/h8-11,13-14,18H,4-7,12H2,1-3H3. The van der Waals surface area contributed by atoms with Gasteiger partial charge in [0.1, 0.15) is 5.82 Å². The maximum Gasteiger partial charge on any atom is 0.123 e. The minimum absolute atomic E-state index is 0.166. The van der Waals surface area contributed by atoms with Crippen molar-refractivity contribution in [3.05, 3.63) is 35.6 Å². The minimum atomic E-state index is -0.166. The average molecular weight is 251 g/mol. The zero-order valence-corrected chi connectivity index (χ0v) is 11.9. The fraction of sp³-hybridized carbons (Fsp3) is 0.625. The Morgan fingerprint density at radius 1 is 1.17 bits per heavy atom. The number of hydrogen-bond donors (Lipinski definition) is 1. The quantitative estimate of drug-likeness (QED) is 0.706. The number of rotatable bonds is 8. The largest absolute Gasteiger partial charge is 0.310 e. The smallest absolute Gasteiger partial charge is 0.123 e. The SMILES string of the molecule is CCCCC(CC)CNC(C)c1ccc(F)cc1. The molecule has 0 aliphatic rings. The molecule has 0 heterocycles. The van der Waals surface area contributed by atoms with Gasteiger partial charge in [-0.25, -0.2) is 4.39 Å². The highest BCUT2D eigenvalue weighted by Gasteiger charge is 2.09. The van der Waals surface area contributed by atoms with Crippen LogP contribution in [0.2, 0.25) is 0 Å². The summed E-state index contributed by atoms with van der Waals surface area (Å²) in [4.78, 5) is 0. The van der Waals surface area contributed by atoms with E-state index >= 15 is 0 Å². The summed E-state index contributed by atoms with van der Waals surface area (Å²) in [5.41, 5.74) is 1.15. The van der Waals surface area contributed by atoms with Crippen LogP contribution in [0.5, 0.6) is 0 Å².